The number of nitrogens with two attached hydrogens (primary N) is 1. The Balaban J connectivity index is 1.08. The predicted molar refractivity (Wildman–Crippen MR) is 143 cm³/mol. The van der Waals surface area contributed by atoms with E-state index in [9.17, 15) is 10.1 Å². The monoisotopic (exact) mass is 478 g/mol. The van der Waals surface area contributed by atoms with E-state index in [1.165, 1.54) is 10.9 Å². The molecule has 7 heteroatoms. The smallest absolute Gasteiger partial charge is 0.248 e. The largest absolute Gasteiger partial charge is 0.366 e. The second-order valence-corrected chi connectivity index (χ2v) is 9.32. The fourth-order valence-electron chi connectivity index (χ4n) is 4.88. The maximum absolute atomic E-state index is 11.3. The van der Waals surface area contributed by atoms with E-state index in [-0.39, 0.29) is 0 Å². The van der Waals surface area contributed by atoms with Gasteiger partial charge in [-0.2, -0.15) is 5.26 Å². The molecule has 3 N–H and O–H groups in total. The van der Waals surface area contributed by atoms with E-state index in [0.717, 1.165) is 74.4 Å². The lowest BCUT2D eigenvalue weighted by atomic mass is 10.0. The molecule has 0 radical (unpaired) electrons. The number of nitriles is 1. The molecule has 2 aromatic carbocycles. The van der Waals surface area contributed by atoms with Gasteiger partial charge >= 0.3 is 0 Å². The van der Waals surface area contributed by atoms with Crippen LogP contribution in [0.2, 0.25) is 0 Å². The molecule has 0 bridgehead atoms. The number of carbonyl (C=O) groups excluding carboxylic acids is 1. The van der Waals surface area contributed by atoms with E-state index in [1.54, 1.807) is 12.1 Å². The first-order chi connectivity index (χ1) is 17.6. The zero-order valence-electron chi connectivity index (χ0n) is 20.3. The number of hydrogen-bond acceptors (Lipinski definition) is 5. The van der Waals surface area contributed by atoms with Crippen LogP contribution < -0.4 is 10.6 Å². The molecule has 1 fully saturated rings. The Morgan fingerprint density at radius 2 is 1.78 bits per heavy atom. The summed E-state index contributed by atoms with van der Waals surface area (Å²) in [5, 5.41) is 10.3. The van der Waals surface area contributed by atoms with Crippen LogP contribution in [0.5, 0.6) is 0 Å². The molecule has 5 rings (SSSR count). The fraction of sp³-hybridized carbons (Fsp3) is 0.276. The first-order valence-electron chi connectivity index (χ1n) is 12.4. The van der Waals surface area contributed by atoms with E-state index in [2.05, 4.69) is 39.2 Å². The number of pyridine rings is 1. The van der Waals surface area contributed by atoms with E-state index in [4.69, 9.17) is 10.7 Å². The number of aromatic amines is 1. The topological polar surface area (TPSA) is 102 Å². The number of H-pyrrole nitrogens is 1. The molecule has 7 nitrogen and oxygen atoms in total. The van der Waals surface area contributed by atoms with Gasteiger partial charge in [0.15, 0.2) is 0 Å². The average Bonchev–Trinajstić information content (AvgIpc) is 3.33. The van der Waals surface area contributed by atoms with Gasteiger partial charge in [0.05, 0.1) is 11.6 Å². The van der Waals surface area contributed by atoms with Crippen molar-refractivity contribution in [1.82, 2.24) is 14.9 Å². The number of primary amides is 1. The third-order valence-corrected chi connectivity index (χ3v) is 7.01. The van der Waals surface area contributed by atoms with Crippen LogP contribution in [0.4, 0.5) is 5.82 Å². The van der Waals surface area contributed by atoms with Crippen molar-refractivity contribution >= 4 is 22.6 Å². The lowest BCUT2D eigenvalue weighted by Crippen LogP contribution is -2.46. The van der Waals surface area contributed by atoms with Crippen LogP contribution in [0, 0.1) is 11.3 Å². The number of aromatic nitrogens is 2. The number of nitrogens with zero attached hydrogens (tertiary/aromatic N) is 4. The van der Waals surface area contributed by atoms with Gasteiger partial charge in [0.2, 0.25) is 5.91 Å². The molecule has 0 unspecified atom stereocenters. The van der Waals surface area contributed by atoms with E-state index >= 15 is 0 Å². The van der Waals surface area contributed by atoms with Gasteiger partial charge in [0.1, 0.15) is 5.82 Å². The van der Waals surface area contributed by atoms with E-state index in [0.29, 0.717) is 11.1 Å². The molecular formula is C29H30N6O. The van der Waals surface area contributed by atoms with Gasteiger partial charge in [-0.05, 0) is 79.4 Å². The number of carbonyl (C=O) groups is 1. The molecule has 3 heterocycles. The van der Waals surface area contributed by atoms with Gasteiger partial charge < -0.3 is 15.6 Å². The molecule has 1 aliphatic heterocycles. The Kier molecular flexibility index (Phi) is 6.96. The van der Waals surface area contributed by atoms with Gasteiger partial charge in [-0.3, -0.25) is 9.69 Å². The number of amides is 1. The Bertz CT molecular complexity index is 1380. The number of rotatable bonds is 8. The summed E-state index contributed by atoms with van der Waals surface area (Å²) in [5.74, 6) is 0.585. The molecule has 0 spiro atoms. The Morgan fingerprint density at radius 3 is 2.47 bits per heavy atom. The summed E-state index contributed by atoms with van der Waals surface area (Å²) in [5.41, 5.74) is 11.0. The summed E-state index contributed by atoms with van der Waals surface area (Å²) in [6.45, 7) is 5.12. The van der Waals surface area contributed by atoms with Gasteiger partial charge in [-0.25, -0.2) is 4.98 Å². The first-order valence-corrected chi connectivity index (χ1v) is 12.4. The SMILES string of the molecule is N#Cc1ccc2[nH]cc(CCCCN3CCN(c4ccc(-c5ccc(C(N)=O)cc5)cn4)CC3)c2c1. The summed E-state index contributed by atoms with van der Waals surface area (Å²) in [6, 6.07) is 19.5. The Hall–Kier alpha value is -4.15. The molecule has 2 aromatic heterocycles. The van der Waals surface area contributed by atoms with Crippen molar-refractivity contribution in [3.63, 3.8) is 0 Å². The van der Waals surface area contributed by atoms with Gasteiger partial charge in [0.25, 0.3) is 0 Å². The maximum Gasteiger partial charge on any atom is 0.248 e. The van der Waals surface area contributed by atoms with Crippen LogP contribution in [0.25, 0.3) is 22.0 Å². The summed E-state index contributed by atoms with van der Waals surface area (Å²) in [6.07, 6.45) is 7.29. The van der Waals surface area contributed by atoms with E-state index < -0.39 is 5.91 Å². The van der Waals surface area contributed by atoms with Crippen molar-refractivity contribution in [1.29, 1.82) is 5.26 Å². The minimum Gasteiger partial charge on any atom is -0.366 e. The van der Waals surface area contributed by atoms with Crippen LogP contribution in [0.3, 0.4) is 0 Å². The minimum absolute atomic E-state index is 0.418. The summed E-state index contributed by atoms with van der Waals surface area (Å²) in [4.78, 5) is 24.2. The zero-order valence-corrected chi connectivity index (χ0v) is 20.3. The van der Waals surface area contributed by atoms with Crippen molar-refractivity contribution in [2.75, 3.05) is 37.6 Å². The van der Waals surface area contributed by atoms with Crippen LogP contribution >= 0.6 is 0 Å². The Morgan fingerprint density at radius 1 is 1.00 bits per heavy atom. The van der Waals surface area contributed by atoms with Crippen molar-refractivity contribution in [2.24, 2.45) is 5.73 Å². The molecule has 1 aliphatic rings. The number of fused-ring (bicyclic) bond motifs is 1. The van der Waals surface area contributed by atoms with Crippen molar-refractivity contribution in [3.05, 3.63) is 83.7 Å². The Labute approximate surface area is 211 Å². The number of hydrogen-bond donors (Lipinski definition) is 2. The van der Waals surface area contributed by atoms with Gasteiger partial charge in [0, 0.05) is 60.6 Å². The molecule has 36 heavy (non-hydrogen) atoms. The molecule has 182 valence electrons. The van der Waals surface area contributed by atoms with Crippen molar-refractivity contribution < 1.29 is 4.79 Å². The number of benzene rings is 2. The number of nitrogens with one attached hydrogen (secondary N) is 1. The summed E-state index contributed by atoms with van der Waals surface area (Å²) < 4.78 is 0. The highest BCUT2D eigenvalue weighted by atomic mass is 16.1. The number of aryl methyl sites for hydroxylation is 1. The second-order valence-electron chi connectivity index (χ2n) is 9.32. The second kappa shape index (κ2) is 10.6. The van der Waals surface area contributed by atoms with Crippen LogP contribution in [0.1, 0.15) is 34.3 Å². The average molecular weight is 479 g/mol. The molecule has 0 atom stereocenters. The number of anilines is 1. The van der Waals surface area contributed by atoms with Crippen LogP contribution in [0.15, 0.2) is 67.0 Å². The first kappa shape index (κ1) is 23.6. The predicted octanol–water partition coefficient (Wildman–Crippen LogP) is 4.35. The molecule has 0 saturated carbocycles. The van der Waals surface area contributed by atoms with Crippen molar-refractivity contribution in [3.8, 4) is 17.2 Å². The lowest BCUT2D eigenvalue weighted by molar-refractivity contribution is 0.100. The maximum atomic E-state index is 11.3. The molecule has 1 saturated heterocycles. The van der Waals surface area contributed by atoms with Gasteiger partial charge in [-0.1, -0.05) is 12.1 Å². The molecular weight excluding hydrogens is 448 g/mol. The molecule has 1 amide bonds. The number of piperazine rings is 1. The molecule has 4 aromatic rings. The zero-order chi connectivity index (χ0) is 24.9. The normalized spacial score (nSPS) is 14.1. The lowest BCUT2D eigenvalue weighted by Gasteiger charge is -2.35. The van der Waals surface area contributed by atoms with Gasteiger partial charge in [-0.15, -0.1) is 0 Å². The third-order valence-electron chi connectivity index (χ3n) is 7.01. The fourth-order valence-corrected chi connectivity index (χ4v) is 4.88. The highest BCUT2D eigenvalue weighted by Crippen LogP contribution is 2.23. The molecule has 0 aliphatic carbocycles. The minimum atomic E-state index is -0.418. The quantitative estimate of drug-likeness (QED) is 0.367. The van der Waals surface area contributed by atoms with Crippen LogP contribution in [-0.4, -0.2) is 53.5 Å². The van der Waals surface area contributed by atoms with E-state index in [1.807, 2.05) is 36.5 Å². The highest BCUT2D eigenvalue weighted by Gasteiger charge is 2.18. The summed E-state index contributed by atoms with van der Waals surface area (Å²) in [7, 11) is 0. The summed E-state index contributed by atoms with van der Waals surface area (Å²) >= 11 is 0. The standard InChI is InChI=1S/C29H30N6O/c30-18-21-4-10-27-26(17-21)25(20-32-27)3-1-2-12-34-13-15-35(16-14-34)28-11-9-24(19-33-28)22-5-7-23(8-6-22)29(31)36/h4-11,17,19-20,32H,1-3,12-16H2,(H2,31,36). The van der Waals surface area contributed by atoms with Crippen LogP contribution in [-0.2, 0) is 6.42 Å². The third kappa shape index (κ3) is 5.24. The van der Waals surface area contributed by atoms with Crippen molar-refractivity contribution in [2.45, 2.75) is 19.3 Å². The highest BCUT2D eigenvalue weighted by molar-refractivity contribution is 5.93. The number of unbranched alkanes of at least 4 members (excludes halogenated alkanes) is 1.